The Morgan fingerprint density at radius 1 is 1.06 bits per heavy atom. The lowest BCUT2D eigenvalue weighted by atomic mass is 9.83. The summed E-state index contributed by atoms with van der Waals surface area (Å²) >= 11 is 0. The van der Waals surface area contributed by atoms with Gasteiger partial charge in [-0.05, 0) is 38.1 Å². The van der Waals surface area contributed by atoms with Crippen LogP contribution < -0.4 is 10.6 Å². The van der Waals surface area contributed by atoms with Gasteiger partial charge in [-0.2, -0.15) is 0 Å². The standard InChI is InChI=1S/C14H28N2/c1-2-12-7-3-4-9-14(12)16-11-13-8-5-6-10-15-13/h12-16H,2-11H2,1H3. The lowest BCUT2D eigenvalue weighted by Gasteiger charge is -2.34. The maximum absolute atomic E-state index is 3.83. The lowest BCUT2D eigenvalue weighted by molar-refractivity contribution is 0.243. The first-order chi connectivity index (χ1) is 7.90. The second-order valence-electron chi connectivity index (χ2n) is 5.61. The molecule has 94 valence electrons. The zero-order chi connectivity index (χ0) is 11.2. The van der Waals surface area contributed by atoms with Gasteiger partial charge in [0.05, 0.1) is 0 Å². The molecule has 16 heavy (non-hydrogen) atoms. The Kier molecular flexibility index (Phi) is 5.11. The van der Waals surface area contributed by atoms with Crippen molar-refractivity contribution in [2.45, 2.75) is 70.4 Å². The van der Waals surface area contributed by atoms with E-state index in [1.54, 1.807) is 0 Å². The molecule has 2 heteroatoms. The second kappa shape index (κ2) is 6.61. The molecule has 0 aromatic heterocycles. The van der Waals surface area contributed by atoms with Gasteiger partial charge in [-0.3, -0.25) is 0 Å². The minimum atomic E-state index is 0.744. The smallest absolute Gasteiger partial charge is 0.0192 e. The first kappa shape index (κ1) is 12.4. The van der Waals surface area contributed by atoms with Crippen molar-refractivity contribution >= 4 is 0 Å². The Labute approximate surface area is 101 Å². The summed E-state index contributed by atoms with van der Waals surface area (Å²) in [6, 6.07) is 1.55. The molecule has 2 fully saturated rings. The predicted octanol–water partition coefficient (Wildman–Crippen LogP) is 2.69. The van der Waals surface area contributed by atoms with Gasteiger partial charge in [0.25, 0.3) is 0 Å². The molecule has 3 unspecified atom stereocenters. The fourth-order valence-electron chi connectivity index (χ4n) is 3.36. The van der Waals surface area contributed by atoms with E-state index < -0.39 is 0 Å². The van der Waals surface area contributed by atoms with Crippen molar-refractivity contribution in [3.05, 3.63) is 0 Å². The molecule has 0 aromatic rings. The average molecular weight is 224 g/mol. The molecule has 1 aliphatic heterocycles. The van der Waals surface area contributed by atoms with E-state index in [-0.39, 0.29) is 0 Å². The summed E-state index contributed by atoms with van der Waals surface area (Å²) < 4.78 is 0. The summed E-state index contributed by atoms with van der Waals surface area (Å²) in [4.78, 5) is 0. The maximum atomic E-state index is 3.83. The van der Waals surface area contributed by atoms with Crippen LogP contribution in [0.3, 0.4) is 0 Å². The zero-order valence-corrected chi connectivity index (χ0v) is 10.8. The third kappa shape index (κ3) is 3.46. The first-order valence-electron chi connectivity index (χ1n) is 7.37. The molecule has 1 heterocycles. The highest BCUT2D eigenvalue weighted by atomic mass is 15.0. The molecule has 1 aliphatic carbocycles. The van der Waals surface area contributed by atoms with Crippen LogP contribution in [-0.2, 0) is 0 Å². The van der Waals surface area contributed by atoms with Crippen molar-refractivity contribution in [2.24, 2.45) is 5.92 Å². The molecule has 0 amide bonds. The SMILES string of the molecule is CCC1CCCCC1NCC1CCCCN1. The van der Waals surface area contributed by atoms with Gasteiger partial charge in [0.1, 0.15) is 0 Å². The molecular formula is C14H28N2. The number of hydrogen-bond donors (Lipinski definition) is 2. The monoisotopic (exact) mass is 224 g/mol. The van der Waals surface area contributed by atoms with Gasteiger partial charge in [0.15, 0.2) is 0 Å². The van der Waals surface area contributed by atoms with Crippen LogP contribution >= 0.6 is 0 Å². The van der Waals surface area contributed by atoms with E-state index in [1.165, 1.54) is 64.5 Å². The highest BCUT2D eigenvalue weighted by Gasteiger charge is 2.24. The molecule has 2 N–H and O–H groups in total. The number of piperidine rings is 1. The Morgan fingerprint density at radius 3 is 2.62 bits per heavy atom. The number of hydrogen-bond acceptors (Lipinski definition) is 2. The Hall–Kier alpha value is -0.0800. The van der Waals surface area contributed by atoms with E-state index in [4.69, 9.17) is 0 Å². The fourth-order valence-corrected chi connectivity index (χ4v) is 3.36. The summed E-state index contributed by atoms with van der Waals surface area (Å²) in [5.41, 5.74) is 0. The van der Waals surface area contributed by atoms with Crippen LogP contribution in [0.1, 0.15) is 58.3 Å². The molecule has 2 rings (SSSR count). The topological polar surface area (TPSA) is 24.1 Å². The quantitative estimate of drug-likeness (QED) is 0.767. The molecule has 0 spiro atoms. The van der Waals surface area contributed by atoms with Gasteiger partial charge >= 0.3 is 0 Å². The highest BCUT2D eigenvalue weighted by Crippen LogP contribution is 2.26. The summed E-state index contributed by atoms with van der Waals surface area (Å²) in [6.07, 6.45) is 11.3. The molecule has 1 saturated heterocycles. The van der Waals surface area contributed by atoms with Crippen molar-refractivity contribution in [3.8, 4) is 0 Å². The van der Waals surface area contributed by atoms with E-state index in [0.717, 1.165) is 18.0 Å². The first-order valence-corrected chi connectivity index (χ1v) is 7.37. The van der Waals surface area contributed by atoms with Crippen LogP contribution in [0.2, 0.25) is 0 Å². The number of nitrogens with one attached hydrogen (secondary N) is 2. The molecule has 0 aromatic carbocycles. The van der Waals surface area contributed by atoms with E-state index in [1.807, 2.05) is 0 Å². The average Bonchev–Trinajstić information content (AvgIpc) is 2.38. The third-order valence-corrected chi connectivity index (χ3v) is 4.47. The predicted molar refractivity (Wildman–Crippen MR) is 69.7 cm³/mol. The molecule has 3 atom stereocenters. The minimum Gasteiger partial charge on any atom is -0.313 e. The normalized spacial score (nSPS) is 36.2. The van der Waals surface area contributed by atoms with Crippen molar-refractivity contribution < 1.29 is 0 Å². The number of rotatable bonds is 4. The third-order valence-electron chi connectivity index (χ3n) is 4.47. The summed E-state index contributed by atoms with van der Waals surface area (Å²) in [6.45, 7) is 4.78. The van der Waals surface area contributed by atoms with Gasteiger partial charge in [0.2, 0.25) is 0 Å². The van der Waals surface area contributed by atoms with Crippen molar-refractivity contribution in [2.75, 3.05) is 13.1 Å². The molecule has 2 nitrogen and oxygen atoms in total. The van der Waals surface area contributed by atoms with Crippen LogP contribution in [0.5, 0.6) is 0 Å². The fraction of sp³-hybridized carbons (Fsp3) is 1.00. The Balaban J connectivity index is 1.70. The van der Waals surface area contributed by atoms with Crippen LogP contribution in [0.25, 0.3) is 0 Å². The molecule has 0 bridgehead atoms. The van der Waals surface area contributed by atoms with Gasteiger partial charge in [-0.25, -0.2) is 0 Å². The van der Waals surface area contributed by atoms with Crippen molar-refractivity contribution in [1.82, 2.24) is 10.6 Å². The molecule has 2 aliphatic rings. The largest absolute Gasteiger partial charge is 0.313 e. The molecular weight excluding hydrogens is 196 g/mol. The highest BCUT2D eigenvalue weighted by molar-refractivity contribution is 4.83. The molecule has 0 radical (unpaired) electrons. The van der Waals surface area contributed by atoms with Crippen LogP contribution in [0.4, 0.5) is 0 Å². The van der Waals surface area contributed by atoms with E-state index in [2.05, 4.69) is 17.6 Å². The minimum absolute atomic E-state index is 0.744. The van der Waals surface area contributed by atoms with Crippen LogP contribution in [0.15, 0.2) is 0 Å². The van der Waals surface area contributed by atoms with E-state index in [9.17, 15) is 0 Å². The van der Waals surface area contributed by atoms with Crippen LogP contribution in [0, 0.1) is 5.92 Å². The van der Waals surface area contributed by atoms with Gasteiger partial charge in [-0.15, -0.1) is 0 Å². The summed E-state index contributed by atoms with van der Waals surface area (Å²) in [5, 5.41) is 7.46. The summed E-state index contributed by atoms with van der Waals surface area (Å²) in [7, 11) is 0. The summed E-state index contributed by atoms with van der Waals surface area (Å²) in [5.74, 6) is 0.942. The van der Waals surface area contributed by atoms with Crippen molar-refractivity contribution in [1.29, 1.82) is 0 Å². The Bertz CT molecular complexity index is 187. The Morgan fingerprint density at radius 2 is 1.88 bits per heavy atom. The second-order valence-corrected chi connectivity index (χ2v) is 5.61. The van der Waals surface area contributed by atoms with E-state index >= 15 is 0 Å². The zero-order valence-electron chi connectivity index (χ0n) is 10.8. The van der Waals surface area contributed by atoms with Gasteiger partial charge in [0, 0.05) is 18.6 Å². The van der Waals surface area contributed by atoms with Gasteiger partial charge in [-0.1, -0.05) is 32.6 Å². The van der Waals surface area contributed by atoms with Crippen LogP contribution in [-0.4, -0.2) is 25.2 Å². The van der Waals surface area contributed by atoms with E-state index in [0.29, 0.717) is 0 Å². The van der Waals surface area contributed by atoms with Crippen molar-refractivity contribution in [3.63, 3.8) is 0 Å². The lowest BCUT2D eigenvalue weighted by Crippen LogP contribution is -2.47. The molecule has 1 saturated carbocycles. The van der Waals surface area contributed by atoms with Gasteiger partial charge < -0.3 is 10.6 Å². The maximum Gasteiger partial charge on any atom is 0.0192 e.